The highest BCUT2D eigenvalue weighted by atomic mass is 32.1. The first-order chi connectivity index (χ1) is 8.22. The molecule has 2 aliphatic rings. The summed E-state index contributed by atoms with van der Waals surface area (Å²) in [6.45, 7) is 2.00. The Balaban J connectivity index is 1.63. The van der Waals surface area contributed by atoms with Crippen molar-refractivity contribution < 1.29 is 9.90 Å². The number of aromatic nitrogens is 1. The predicted molar refractivity (Wildman–Crippen MR) is 65.2 cm³/mol. The van der Waals surface area contributed by atoms with Gasteiger partial charge in [-0.2, -0.15) is 0 Å². The Labute approximate surface area is 104 Å². The molecule has 1 N–H and O–H groups in total. The van der Waals surface area contributed by atoms with Gasteiger partial charge in [0.05, 0.1) is 5.69 Å². The Morgan fingerprint density at radius 3 is 2.76 bits per heavy atom. The van der Waals surface area contributed by atoms with E-state index in [9.17, 15) is 4.79 Å². The summed E-state index contributed by atoms with van der Waals surface area (Å²) in [5.41, 5.74) is 0.917. The number of thiazole rings is 1. The summed E-state index contributed by atoms with van der Waals surface area (Å²) in [5, 5.41) is 10.9. The van der Waals surface area contributed by atoms with E-state index in [-0.39, 0.29) is 5.01 Å². The second kappa shape index (κ2) is 4.38. The third-order valence-electron chi connectivity index (χ3n) is 3.35. The lowest BCUT2D eigenvalue weighted by molar-refractivity contribution is 0.0696. The fourth-order valence-electron chi connectivity index (χ4n) is 2.10. The highest BCUT2D eigenvalue weighted by Crippen LogP contribution is 2.35. The highest BCUT2D eigenvalue weighted by Gasteiger charge is 2.33. The quantitative estimate of drug-likeness (QED) is 0.843. The van der Waals surface area contributed by atoms with Crippen molar-refractivity contribution in [3.8, 4) is 0 Å². The molecule has 2 aliphatic carbocycles. The monoisotopic (exact) mass is 252 g/mol. The van der Waals surface area contributed by atoms with Crippen molar-refractivity contribution in [2.24, 2.45) is 5.92 Å². The molecule has 17 heavy (non-hydrogen) atoms. The van der Waals surface area contributed by atoms with Gasteiger partial charge in [-0.3, -0.25) is 4.90 Å². The lowest BCUT2D eigenvalue weighted by Gasteiger charge is -2.20. The van der Waals surface area contributed by atoms with Gasteiger partial charge >= 0.3 is 5.97 Å². The molecule has 2 fully saturated rings. The third kappa shape index (κ3) is 2.84. The van der Waals surface area contributed by atoms with E-state index in [0.717, 1.165) is 24.2 Å². The second-order valence-electron chi connectivity index (χ2n) is 5.05. The summed E-state index contributed by atoms with van der Waals surface area (Å²) in [4.78, 5) is 17.4. The molecule has 1 aromatic rings. The van der Waals surface area contributed by atoms with Crippen LogP contribution in [0.2, 0.25) is 0 Å². The molecule has 5 heteroatoms. The summed E-state index contributed by atoms with van der Waals surface area (Å²) in [6.07, 6.45) is 5.31. The number of nitrogens with zero attached hydrogens (tertiary/aromatic N) is 2. The number of aromatic carboxylic acids is 1. The van der Waals surface area contributed by atoms with Gasteiger partial charge in [-0.05, 0) is 31.6 Å². The summed E-state index contributed by atoms with van der Waals surface area (Å²) >= 11 is 1.23. The van der Waals surface area contributed by atoms with Crippen molar-refractivity contribution in [2.75, 3.05) is 6.54 Å². The minimum absolute atomic E-state index is 0.210. The molecule has 0 saturated heterocycles. The molecule has 1 heterocycles. The fraction of sp³-hybridized carbons (Fsp3) is 0.667. The lowest BCUT2D eigenvalue weighted by atomic mass is 10.3. The Kier molecular flexibility index (Phi) is 2.88. The maximum atomic E-state index is 10.8. The number of carbonyl (C=O) groups is 1. The van der Waals surface area contributed by atoms with E-state index in [0.29, 0.717) is 0 Å². The van der Waals surface area contributed by atoms with Gasteiger partial charge in [-0.25, -0.2) is 9.78 Å². The number of rotatable bonds is 6. The van der Waals surface area contributed by atoms with Crippen LogP contribution >= 0.6 is 11.3 Å². The topological polar surface area (TPSA) is 53.4 Å². The molecule has 0 amide bonds. The van der Waals surface area contributed by atoms with Crippen molar-refractivity contribution in [3.05, 3.63) is 16.1 Å². The Hall–Kier alpha value is -0.940. The Morgan fingerprint density at radius 1 is 1.47 bits per heavy atom. The van der Waals surface area contributed by atoms with Gasteiger partial charge in [-0.15, -0.1) is 11.3 Å². The van der Waals surface area contributed by atoms with Crippen LogP contribution in [0.3, 0.4) is 0 Å². The number of carboxylic acid groups (broad SMARTS) is 1. The van der Waals surface area contributed by atoms with E-state index < -0.39 is 5.97 Å². The SMILES string of the molecule is O=C(O)c1nc(CN(CC2CC2)C2CC2)cs1. The van der Waals surface area contributed by atoms with E-state index in [4.69, 9.17) is 5.11 Å². The maximum Gasteiger partial charge on any atom is 0.365 e. The third-order valence-corrected chi connectivity index (χ3v) is 4.23. The summed E-state index contributed by atoms with van der Waals surface area (Å²) in [7, 11) is 0. The van der Waals surface area contributed by atoms with Gasteiger partial charge in [0, 0.05) is 24.5 Å². The van der Waals surface area contributed by atoms with Gasteiger partial charge in [0.1, 0.15) is 0 Å². The standard InChI is InChI=1S/C12H16N2O2S/c15-12(16)11-13-9(7-17-11)6-14(10-3-4-10)5-8-1-2-8/h7-8,10H,1-6H2,(H,15,16). The predicted octanol–water partition coefficient (Wildman–Crippen LogP) is 2.22. The molecular formula is C12H16N2O2S. The Morgan fingerprint density at radius 2 is 2.24 bits per heavy atom. The van der Waals surface area contributed by atoms with E-state index in [1.54, 1.807) is 0 Å². The average Bonchev–Trinajstić information content (AvgIpc) is 3.17. The van der Waals surface area contributed by atoms with Crippen molar-refractivity contribution >= 4 is 17.3 Å². The molecule has 0 aromatic carbocycles. The second-order valence-corrected chi connectivity index (χ2v) is 5.91. The minimum atomic E-state index is -0.915. The average molecular weight is 252 g/mol. The van der Waals surface area contributed by atoms with Crippen molar-refractivity contribution in [1.82, 2.24) is 9.88 Å². The molecule has 92 valence electrons. The summed E-state index contributed by atoms with van der Waals surface area (Å²) in [5.74, 6) is -0.0328. The van der Waals surface area contributed by atoms with E-state index in [2.05, 4.69) is 9.88 Å². The maximum absolute atomic E-state index is 10.8. The van der Waals surface area contributed by atoms with Gasteiger partial charge in [-0.1, -0.05) is 0 Å². The first kappa shape index (κ1) is 11.2. The fourth-order valence-corrected chi connectivity index (χ4v) is 2.75. The molecule has 0 unspecified atom stereocenters. The van der Waals surface area contributed by atoms with Gasteiger partial charge in [0.2, 0.25) is 5.01 Å². The van der Waals surface area contributed by atoms with Crippen LogP contribution in [-0.2, 0) is 6.54 Å². The zero-order chi connectivity index (χ0) is 11.8. The smallest absolute Gasteiger partial charge is 0.365 e. The molecule has 1 aromatic heterocycles. The van der Waals surface area contributed by atoms with Crippen LogP contribution in [0.25, 0.3) is 0 Å². The van der Waals surface area contributed by atoms with E-state index in [1.807, 2.05) is 5.38 Å². The van der Waals surface area contributed by atoms with Crippen molar-refractivity contribution in [3.63, 3.8) is 0 Å². The van der Waals surface area contributed by atoms with Crippen LogP contribution in [0.1, 0.15) is 41.2 Å². The molecule has 0 spiro atoms. The van der Waals surface area contributed by atoms with Gasteiger partial charge in [0.15, 0.2) is 0 Å². The van der Waals surface area contributed by atoms with Crippen LogP contribution in [0, 0.1) is 5.92 Å². The zero-order valence-corrected chi connectivity index (χ0v) is 10.4. The molecule has 0 aliphatic heterocycles. The van der Waals surface area contributed by atoms with E-state index in [1.165, 1.54) is 43.6 Å². The molecule has 0 radical (unpaired) electrons. The molecule has 3 rings (SSSR count). The zero-order valence-electron chi connectivity index (χ0n) is 9.63. The number of hydrogen-bond donors (Lipinski definition) is 1. The van der Waals surface area contributed by atoms with Crippen LogP contribution < -0.4 is 0 Å². The molecule has 2 saturated carbocycles. The Bertz CT molecular complexity index is 424. The summed E-state index contributed by atoms with van der Waals surface area (Å²) < 4.78 is 0. The van der Waals surface area contributed by atoms with Crippen molar-refractivity contribution in [1.29, 1.82) is 0 Å². The van der Waals surface area contributed by atoms with Crippen LogP contribution in [-0.4, -0.2) is 33.5 Å². The normalized spacial score (nSPS) is 19.8. The van der Waals surface area contributed by atoms with Gasteiger partial charge in [0.25, 0.3) is 0 Å². The van der Waals surface area contributed by atoms with Gasteiger partial charge < -0.3 is 5.11 Å². The largest absolute Gasteiger partial charge is 0.476 e. The van der Waals surface area contributed by atoms with Crippen LogP contribution in [0.5, 0.6) is 0 Å². The minimum Gasteiger partial charge on any atom is -0.476 e. The van der Waals surface area contributed by atoms with Crippen LogP contribution in [0.4, 0.5) is 0 Å². The van der Waals surface area contributed by atoms with Crippen molar-refractivity contribution in [2.45, 2.75) is 38.3 Å². The first-order valence-electron chi connectivity index (χ1n) is 6.14. The molecular weight excluding hydrogens is 236 g/mol. The lowest BCUT2D eigenvalue weighted by Crippen LogP contribution is -2.28. The highest BCUT2D eigenvalue weighted by molar-refractivity contribution is 7.11. The molecule has 0 atom stereocenters. The summed E-state index contributed by atoms with van der Waals surface area (Å²) in [6, 6.07) is 0.727. The molecule has 0 bridgehead atoms. The first-order valence-corrected chi connectivity index (χ1v) is 7.02. The number of hydrogen-bond acceptors (Lipinski definition) is 4. The molecule has 4 nitrogen and oxygen atoms in total. The number of carboxylic acids is 1. The van der Waals surface area contributed by atoms with Crippen LogP contribution in [0.15, 0.2) is 5.38 Å². The van der Waals surface area contributed by atoms with E-state index >= 15 is 0 Å².